The summed E-state index contributed by atoms with van der Waals surface area (Å²) in [5.74, 6) is -1.32. The minimum absolute atomic E-state index is 0.171. The maximum absolute atomic E-state index is 12.1. The number of carboxylic acid groups (broad SMARTS) is 1. The second kappa shape index (κ2) is 4.94. The summed E-state index contributed by atoms with van der Waals surface area (Å²) < 4.78 is 24.2. The van der Waals surface area contributed by atoms with Gasteiger partial charge in [-0.1, -0.05) is 25.7 Å². The Labute approximate surface area is 102 Å². The zero-order valence-corrected chi connectivity index (χ0v) is 10.6. The van der Waals surface area contributed by atoms with Crippen molar-refractivity contribution in [2.45, 2.75) is 55.9 Å². The maximum atomic E-state index is 12.1. The van der Waals surface area contributed by atoms with Gasteiger partial charge in [-0.05, 0) is 12.8 Å². The van der Waals surface area contributed by atoms with Crippen LogP contribution in [0.1, 0.15) is 38.5 Å². The second-order valence-corrected chi connectivity index (χ2v) is 7.29. The molecular formula is C11H19NO4S. The van der Waals surface area contributed by atoms with Crippen LogP contribution in [-0.2, 0) is 14.6 Å². The molecule has 0 amide bonds. The van der Waals surface area contributed by atoms with Crippen LogP contribution in [0.4, 0.5) is 0 Å². The molecule has 1 aliphatic heterocycles. The Hall–Kier alpha value is -0.620. The van der Waals surface area contributed by atoms with Crippen LogP contribution in [0.3, 0.4) is 0 Å². The van der Waals surface area contributed by atoms with E-state index in [1.807, 2.05) is 0 Å². The predicted molar refractivity (Wildman–Crippen MR) is 63.6 cm³/mol. The number of aliphatic carboxylic acids is 1. The number of carbonyl (C=O) groups is 1. The highest BCUT2D eigenvalue weighted by atomic mass is 32.2. The van der Waals surface area contributed by atoms with Crippen LogP contribution in [0, 0.1) is 0 Å². The van der Waals surface area contributed by atoms with Gasteiger partial charge in [-0.15, -0.1) is 0 Å². The molecule has 3 unspecified atom stereocenters. The molecule has 1 saturated carbocycles. The van der Waals surface area contributed by atoms with Crippen LogP contribution < -0.4 is 5.32 Å². The van der Waals surface area contributed by atoms with Crippen LogP contribution in [0.25, 0.3) is 0 Å². The largest absolute Gasteiger partial charge is 0.480 e. The fourth-order valence-electron chi connectivity index (χ4n) is 2.88. The molecule has 2 fully saturated rings. The van der Waals surface area contributed by atoms with Crippen molar-refractivity contribution in [1.82, 2.24) is 5.32 Å². The normalized spacial score (nSPS) is 37.5. The first kappa shape index (κ1) is 12.8. The maximum Gasteiger partial charge on any atom is 0.321 e. The Balaban J connectivity index is 2.20. The summed E-state index contributed by atoms with van der Waals surface area (Å²) in [5.41, 5.74) is 0. The first-order valence-electron chi connectivity index (χ1n) is 6.21. The highest BCUT2D eigenvalue weighted by Crippen LogP contribution is 2.27. The summed E-state index contributed by atoms with van der Waals surface area (Å²) in [6, 6.07) is -1.10. The molecule has 0 aromatic rings. The van der Waals surface area contributed by atoms with Gasteiger partial charge in [-0.2, -0.15) is 0 Å². The zero-order chi connectivity index (χ0) is 12.5. The molecule has 5 nitrogen and oxygen atoms in total. The predicted octanol–water partition coefficient (Wildman–Crippen LogP) is 0.549. The van der Waals surface area contributed by atoms with E-state index in [0.29, 0.717) is 6.42 Å². The Morgan fingerprint density at radius 2 is 1.76 bits per heavy atom. The number of hydrogen-bond acceptors (Lipinski definition) is 4. The van der Waals surface area contributed by atoms with Crippen molar-refractivity contribution in [3.63, 3.8) is 0 Å². The number of fused-ring (bicyclic) bond motifs is 1. The SMILES string of the molecule is O=C(O)C1CS(=O)(=O)C2CCCCCCC2N1. The molecule has 2 rings (SSSR count). The standard InChI is InChI=1S/C11H19NO4S/c13-11(14)9-7-17(15,16)10-6-4-2-1-3-5-8(10)12-9/h8-10,12H,1-7H2,(H,13,14). The minimum Gasteiger partial charge on any atom is -0.480 e. The minimum atomic E-state index is -3.26. The fraction of sp³-hybridized carbons (Fsp3) is 0.909. The molecule has 2 N–H and O–H groups in total. The molecule has 1 saturated heterocycles. The van der Waals surface area contributed by atoms with Gasteiger partial charge in [0.1, 0.15) is 6.04 Å². The highest BCUT2D eigenvalue weighted by Gasteiger charge is 2.43. The second-order valence-electron chi connectivity index (χ2n) is 5.02. The summed E-state index contributed by atoms with van der Waals surface area (Å²) in [6.45, 7) is 0. The average molecular weight is 261 g/mol. The quantitative estimate of drug-likeness (QED) is 0.720. The van der Waals surface area contributed by atoms with Gasteiger partial charge in [-0.25, -0.2) is 8.42 Å². The molecule has 1 aliphatic carbocycles. The average Bonchev–Trinajstić information content (AvgIpc) is 2.18. The summed E-state index contributed by atoms with van der Waals surface area (Å²) in [6.07, 6.45) is 5.56. The molecule has 1 heterocycles. The van der Waals surface area contributed by atoms with E-state index in [1.54, 1.807) is 0 Å². The van der Waals surface area contributed by atoms with Gasteiger partial charge < -0.3 is 5.11 Å². The number of carboxylic acids is 1. The molecule has 0 aromatic carbocycles. The van der Waals surface area contributed by atoms with Gasteiger partial charge in [0.05, 0.1) is 11.0 Å². The highest BCUT2D eigenvalue weighted by molar-refractivity contribution is 7.92. The smallest absolute Gasteiger partial charge is 0.321 e. The van der Waals surface area contributed by atoms with E-state index in [0.717, 1.165) is 32.1 Å². The van der Waals surface area contributed by atoms with E-state index in [-0.39, 0.29) is 17.0 Å². The zero-order valence-electron chi connectivity index (χ0n) is 9.76. The Bertz CT molecular complexity index is 392. The van der Waals surface area contributed by atoms with Gasteiger partial charge in [0, 0.05) is 6.04 Å². The number of hydrogen-bond donors (Lipinski definition) is 2. The molecule has 0 bridgehead atoms. The first-order valence-corrected chi connectivity index (χ1v) is 7.92. The lowest BCUT2D eigenvalue weighted by molar-refractivity contribution is -0.139. The van der Waals surface area contributed by atoms with Gasteiger partial charge >= 0.3 is 5.97 Å². The summed E-state index contributed by atoms with van der Waals surface area (Å²) in [4.78, 5) is 10.9. The summed E-state index contributed by atoms with van der Waals surface area (Å²) in [7, 11) is -3.26. The van der Waals surface area contributed by atoms with Crippen molar-refractivity contribution in [2.24, 2.45) is 0 Å². The van der Waals surface area contributed by atoms with Crippen molar-refractivity contribution >= 4 is 15.8 Å². The summed E-state index contributed by atoms with van der Waals surface area (Å²) in [5, 5.41) is 11.6. The lowest BCUT2D eigenvalue weighted by atomic mass is 9.95. The molecule has 2 aliphatic rings. The molecule has 0 radical (unpaired) electrons. The van der Waals surface area contributed by atoms with E-state index in [9.17, 15) is 13.2 Å². The van der Waals surface area contributed by atoms with Gasteiger partial charge in [0.2, 0.25) is 0 Å². The number of rotatable bonds is 1. The molecule has 98 valence electrons. The van der Waals surface area contributed by atoms with Gasteiger partial charge in [0.15, 0.2) is 9.84 Å². The van der Waals surface area contributed by atoms with E-state index in [4.69, 9.17) is 5.11 Å². The van der Waals surface area contributed by atoms with Crippen LogP contribution in [-0.4, -0.2) is 42.6 Å². The molecule has 17 heavy (non-hydrogen) atoms. The van der Waals surface area contributed by atoms with E-state index >= 15 is 0 Å². The molecule has 0 spiro atoms. The van der Waals surface area contributed by atoms with Gasteiger partial charge in [-0.3, -0.25) is 10.1 Å². The third kappa shape index (κ3) is 2.80. The number of nitrogens with one attached hydrogen (secondary N) is 1. The van der Waals surface area contributed by atoms with Crippen molar-refractivity contribution in [2.75, 3.05) is 5.75 Å². The molecule has 3 atom stereocenters. The van der Waals surface area contributed by atoms with Crippen LogP contribution in [0.15, 0.2) is 0 Å². The van der Waals surface area contributed by atoms with Crippen molar-refractivity contribution in [3.8, 4) is 0 Å². The Morgan fingerprint density at radius 1 is 1.12 bits per heavy atom. The van der Waals surface area contributed by atoms with Crippen molar-refractivity contribution < 1.29 is 18.3 Å². The van der Waals surface area contributed by atoms with E-state index in [1.165, 1.54) is 0 Å². The van der Waals surface area contributed by atoms with Crippen LogP contribution in [0.2, 0.25) is 0 Å². The Morgan fingerprint density at radius 3 is 2.41 bits per heavy atom. The fourth-order valence-corrected chi connectivity index (χ4v) is 5.07. The monoisotopic (exact) mass is 261 g/mol. The lowest BCUT2D eigenvalue weighted by Crippen LogP contribution is -2.60. The van der Waals surface area contributed by atoms with Crippen molar-refractivity contribution in [3.05, 3.63) is 0 Å². The van der Waals surface area contributed by atoms with Crippen LogP contribution >= 0.6 is 0 Å². The topological polar surface area (TPSA) is 83.5 Å². The first-order chi connectivity index (χ1) is 8.00. The Kier molecular flexibility index (Phi) is 3.73. The lowest BCUT2D eigenvalue weighted by Gasteiger charge is -2.36. The van der Waals surface area contributed by atoms with E-state index < -0.39 is 21.8 Å². The van der Waals surface area contributed by atoms with Crippen molar-refractivity contribution in [1.29, 1.82) is 0 Å². The van der Waals surface area contributed by atoms with Crippen LogP contribution in [0.5, 0.6) is 0 Å². The number of sulfone groups is 1. The summed E-state index contributed by atoms with van der Waals surface area (Å²) >= 11 is 0. The third-order valence-corrected chi connectivity index (χ3v) is 6.06. The van der Waals surface area contributed by atoms with Gasteiger partial charge in [0.25, 0.3) is 0 Å². The molecule has 0 aromatic heterocycles. The molecule has 6 heteroatoms. The molecular weight excluding hydrogens is 242 g/mol. The van der Waals surface area contributed by atoms with E-state index in [2.05, 4.69) is 5.32 Å². The third-order valence-electron chi connectivity index (χ3n) is 3.78.